The molecule has 1 N–H and O–H groups in total. The van der Waals surface area contributed by atoms with Crippen molar-refractivity contribution in [2.24, 2.45) is 7.05 Å². The number of hydrogen-bond acceptors (Lipinski definition) is 0. The van der Waals surface area contributed by atoms with Gasteiger partial charge in [-0.2, -0.15) is 0 Å². The Bertz CT molecular complexity index is 1120. The first-order valence-corrected chi connectivity index (χ1v) is 10.1. The molecule has 2 aromatic heterocycles. The minimum absolute atomic E-state index is 1.17. The molecular formula is C25H29N2+. The molecule has 0 aliphatic rings. The molecule has 4 aromatic rings. The van der Waals surface area contributed by atoms with E-state index in [9.17, 15) is 0 Å². The Morgan fingerprint density at radius 2 is 1.74 bits per heavy atom. The van der Waals surface area contributed by atoms with Crippen LogP contribution in [0.15, 0.2) is 48.5 Å². The van der Waals surface area contributed by atoms with Gasteiger partial charge in [0.2, 0.25) is 0 Å². The fourth-order valence-corrected chi connectivity index (χ4v) is 4.17. The van der Waals surface area contributed by atoms with Crippen molar-refractivity contribution in [3.63, 3.8) is 0 Å². The van der Waals surface area contributed by atoms with Crippen molar-refractivity contribution in [2.45, 2.75) is 46.5 Å². The minimum atomic E-state index is 1.17. The number of pyridine rings is 1. The van der Waals surface area contributed by atoms with Crippen LogP contribution in [-0.4, -0.2) is 4.98 Å². The highest BCUT2D eigenvalue weighted by molar-refractivity contribution is 6.05. The van der Waals surface area contributed by atoms with Gasteiger partial charge in [0.05, 0.1) is 12.4 Å². The number of rotatable bonds is 5. The zero-order chi connectivity index (χ0) is 19.0. The maximum Gasteiger partial charge on any atom is 0.287 e. The number of aromatic amines is 1. The molecule has 0 radical (unpaired) electrons. The zero-order valence-corrected chi connectivity index (χ0v) is 16.9. The molecule has 2 heteroatoms. The van der Waals surface area contributed by atoms with Gasteiger partial charge >= 0.3 is 0 Å². The first-order chi connectivity index (χ1) is 13.1. The summed E-state index contributed by atoms with van der Waals surface area (Å²) in [6.45, 7) is 6.75. The molecule has 2 nitrogen and oxygen atoms in total. The molecule has 0 atom stereocenters. The molecule has 0 aliphatic heterocycles. The lowest BCUT2D eigenvalue weighted by molar-refractivity contribution is -0.635. The second kappa shape index (κ2) is 7.19. The first kappa shape index (κ1) is 17.8. The predicted octanol–water partition coefficient (Wildman–Crippen LogP) is 6.16. The molecule has 0 fully saturated rings. The van der Waals surface area contributed by atoms with E-state index in [4.69, 9.17) is 0 Å². The Balaban J connectivity index is 1.86. The maximum absolute atomic E-state index is 3.61. The van der Waals surface area contributed by atoms with Gasteiger partial charge in [0.1, 0.15) is 11.2 Å². The number of nitrogens with zero attached hydrogens (tertiary/aromatic N) is 1. The summed E-state index contributed by atoms with van der Waals surface area (Å²) in [5, 5.41) is 2.57. The minimum Gasteiger partial charge on any atom is -0.240 e. The fraction of sp³-hybridized carbons (Fsp3) is 0.320. The monoisotopic (exact) mass is 357 g/mol. The van der Waals surface area contributed by atoms with Crippen LogP contribution in [0.2, 0.25) is 0 Å². The van der Waals surface area contributed by atoms with Gasteiger partial charge in [-0.15, -0.1) is 0 Å². The molecule has 0 saturated heterocycles. The number of benzene rings is 2. The molecular weight excluding hydrogens is 328 g/mol. The third kappa shape index (κ3) is 3.14. The molecule has 4 rings (SSSR count). The Kier molecular flexibility index (Phi) is 4.73. The van der Waals surface area contributed by atoms with Gasteiger partial charge in [0, 0.05) is 10.9 Å². The van der Waals surface area contributed by atoms with E-state index in [-0.39, 0.29) is 0 Å². The number of para-hydroxylation sites is 1. The molecule has 0 unspecified atom stereocenters. The van der Waals surface area contributed by atoms with Gasteiger partial charge in [0.15, 0.2) is 0 Å². The number of aryl methyl sites for hydroxylation is 3. The van der Waals surface area contributed by atoms with Crippen molar-refractivity contribution in [3.05, 3.63) is 65.2 Å². The van der Waals surface area contributed by atoms with Crippen LogP contribution < -0.4 is 4.57 Å². The van der Waals surface area contributed by atoms with Crippen LogP contribution in [0.5, 0.6) is 0 Å². The van der Waals surface area contributed by atoms with Gasteiger partial charge in [0.25, 0.3) is 5.65 Å². The lowest BCUT2D eigenvalue weighted by atomic mass is 9.94. The predicted molar refractivity (Wildman–Crippen MR) is 115 cm³/mol. The molecule has 27 heavy (non-hydrogen) atoms. The van der Waals surface area contributed by atoms with E-state index in [1.807, 2.05) is 0 Å². The lowest BCUT2D eigenvalue weighted by Gasteiger charge is -2.13. The third-order valence-corrected chi connectivity index (χ3v) is 5.90. The van der Waals surface area contributed by atoms with Crippen LogP contribution in [0, 0.1) is 13.8 Å². The molecule has 0 bridgehead atoms. The molecule has 0 spiro atoms. The number of H-pyrrole nitrogens is 1. The third-order valence-electron chi connectivity index (χ3n) is 5.90. The number of fused-ring (bicyclic) bond motifs is 3. The molecule has 0 aliphatic carbocycles. The second-order valence-electron chi connectivity index (χ2n) is 7.75. The van der Waals surface area contributed by atoms with E-state index >= 15 is 0 Å². The summed E-state index contributed by atoms with van der Waals surface area (Å²) in [5.74, 6) is 0. The topological polar surface area (TPSA) is 19.7 Å². The number of unbranched alkanes of at least 4 members (excludes halogenated alkanes) is 2. The summed E-state index contributed by atoms with van der Waals surface area (Å²) in [5.41, 5.74) is 9.22. The fourth-order valence-electron chi connectivity index (χ4n) is 4.17. The average Bonchev–Trinajstić information content (AvgIpc) is 3.05. The molecule has 0 amide bonds. The van der Waals surface area contributed by atoms with Crippen LogP contribution in [0.25, 0.3) is 33.2 Å². The van der Waals surface area contributed by atoms with Crippen LogP contribution in [0.1, 0.15) is 42.9 Å². The Hall–Kier alpha value is -2.61. The highest BCUT2D eigenvalue weighted by Crippen LogP contribution is 2.29. The standard InChI is InChI=1S/C25H28N2/c1-5-6-7-10-19-15-17(2)18(3)22(16-19)24-14-13-21-20-11-8-9-12-23(20)26-25(21)27(24)4/h8-9,11-16H,5-7,10H2,1-4H3/p+1. The van der Waals surface area contributed by atoms with E-state index < -0.39 is 0 Å². The van der Waals surface area contributed by atoms with Crippen molar-refractivity contribution in [3.8, 4) is 11.3 Å². The lowest BCUT2D eigenvalue weighted by Crippen LogP contribution is -2.32. The van der Waals surface area contributed by atoms with Gasteiger partial charge in [-0.05, 0) is 73.7 Å². The number of nitrogens with one attached hydrogen (secondary N) is 1. The Labute approximate surface area is 161 Å². The van der Waals surface area contributed by atoms with Crippen molar-refractivity contribution in [2.75, 3.05) is 0 Å². The molecule has 2 heterocycles. The van der Waals surface area contributed by atoms with E-state index in [1.54, 1.807) is 0 Å². The summed E-state index contributed by atoms with van der Waals surface area (Å²) in [6, 6.07) is 17.9. The van der Waals surface area contributed by atoms with E-state index in [0.29, 0.717) is 0 Å². The van der Waals surface area contributed by atoms with Crippen molar-refractivity contribution in [1.82, 2.24) is 4.98 Å². The summed E-state index contributed by atoms with van der Waals surface area (Å²) < 4.78 is 2.31. The highest BCUT2D eigenvalue weighted by atomic mass is 15.0. The first-order valence-electron chi connectivity index (χ1n) is 10.1. The van der Waals surface area contributed by atoms with Crippen molar-refractivity contribution < 1.29 is 4.57 Å². The summed E-state index contributed by atoms with van der Waals surface area (Å²) in [7, 11) is 2.17. The van der Waals surface area contributed by atoms with E-state index in [1.165, 1.54) is 75.6 Å². The average molecular weight is 358 g/mol. The summed E-state index contributed by atoms with van der Waals surface area (Å²) >= 11 is 0. The molecule has 2 aromatic carbocycles. The highest BCUT2D eigenvalue weighted by Gasteiger charge is 2.18. The normalized spacial score (nSPS) is 11.6. The second-order valence-corrected chi connectivity index (χ2v) is 7.75. The summed E-state index contributed by atoms with van der Waals surface area (Å²) in [4.78, 5) is 3.61. The number of aromatic nitrogens is 2. The number of hydrogen-bond donors (Lipinski definition) is 1. The van der Waals surface area contributed by atoms with Gasteiger partial charge < -0.3 is 0 Å². The largest absolute Gasteiger partial charge is 0.287 e. The molecule has 0 saturated carbocycles. The van der Waals surface area contributed by atoms with Crippen molar-refractivity contribution >= 4 is 21.9 Å². The van der Waals surface area contributed by atoms with Gasteiger partial charge in [-0.25, -0.2) is 9.55 Å². The smallest absolute Gasteiger partial charge is 0.240 e. The quantitative estimate of drug-likeness (QED) is 0.326. The Morgan fingerprint density at radius 3 is 2.56 bits per heavy atom. The Morgan fingerprint density at radius 1 is 0.926 bits per heavy atom. The van der Waals surface area contributed by atoms with Gasteiger partial charge in [-0.3, -0.25) is 0 Å². The van der Waals surface area contributed by atoms with E-state index in [2.05, 4.69) is 85.9 Å². The summed E-state index contributed by atoms with van der Waals surface area (Å²) in [6.07, 6.45) is 5.01. The maximum atomic E-state index is 3.61. The zero-order valence-electron chi connectivity index (χ0n) is 16.9. The van der Waals surface area contributed by atoms with Crippen LogP contribution in [0.4, 0.5) is 0 Å². The van der Waals surface area contributed by atoms with E-state index in [0.717, 1.165) is 0 Å². The van der Waals surface area contributed by atoms with Crippen LogP contribution in [0.3, 0.4) is 0 Å². The van der Waals surface area contributed by atoms with Crippen LogP contribution >= 0.6 is 0 Å². The van der Waals surface area contributed by atoms with Crippen molar-refractivity contribution in [1.29, 1.82) is 0 Å². The SMILES string of the molecule is CCCCCc1cc(C)c(C)c(-c2ccc3c4ccccc4[nH]c3[n+]2C)c1. The molecule has 138 valence electrons. The van der Waals surface area contributed by atoms with Crippen LogP contribution in [-0.2, 0) is 13.5 Å². The van der Waals surface area contributed by atoms with Gasteiger partial charge in [-0.1, -0.05) is 38.0 Å².